The van der Waals surface area contributed by atoms with E-state index in [9.17, 15) is 14.4 Å². The standard InChI is InChI=1S/C19H27N3O5/c1-19(2,3)27-18(25)22-15-11-13(9-10-20-15)5-4-6-16(23)26-17(24)12-21-14-7-8-14/h9-11,14,21H,4-8,12H2,1-3H3,(H,20,22,25). The number of ether oxygens (including phenoxy) is 2. The molecule has 1 aliphatic carbocycles. The summed E-state index contributed by atoms with van der Waals surface area (Å²) in [5.41, 5.74) is 0.318. The number of aromatic nitrogens is 1. The number of carbonyl (C=O) groups is 3. The molecule has 8 nitrogen and oxygen atoms in total. The summed E-state index contributed by atoms with van der Waals surface area (Å²) in [5, 5.41) is 5.58. The van der Waals surface area contributed by atoms with E-state index in [0.29, 0.717) is 24.7 Å². The van der Waals surface area contributed by atoms with Crippen LogP contribution in [0.15, 0.2) is 18.3 Å². The molecule has 1 aromatic heterocycles. The minimum absolute atomic E-state index is 0.0699. The number of rotatable bonds is 8. The lowest BCUT2D eigenvalue weighted by molar-refractivity contribution is -0.159. The van der Waals surface area contributed by atoms with E-state index in [1.807, 2.05) is 0 Å². The molecule has 0 radical (unpaired) electrons. The highest BCUT2D eigenvalue weighted by molar-refractivity contribution is 5.86. The highest BCUT2D eigenvalue weighted by Crippen LogP contribution is 2.18. The molecule has 0 aliphatic heterocycles. The van der Waals surface area contributed by atoms with E-state index in [0.717, 1.165) is 18.4 Å². The molecule has 2 rings (SSSR count). The number of amides is 1. The van der Waals surface area contributed by atoms with E-state index >= 15 is 0 Å². The second-order valence-corrected chi connectivity index (χ2v) is 7.53. The fourth-order valence-corrected chi connectivity index (χ4v) is 2.27. The first kappa shape index (κ1) is 20.8. The maximum atomic E-state index is 11.8. The van der Waals surface area contributed by atoms with Crippen LogP contribution < -0.4 is 10.6 Å². The van der Waals surface area contributed by atoms with Crippen LogP contribution in [0.1, 0.15) is 52.0 Å². The molecule has 1 aromatic rings. The zero-order valence-corrected chi connectivity index (χ0v) is 16.0. The van der Waals surface area contributed by atoms with Gasteiger partial charge in [-0.05, 0) is 64.2 Å². The van der Waals surface area contributed by atoms with Crippen molar-refractivity contribution >= 4 is 23.8 Å². The molecule has 0 spiro atoms. The molecule has 2 N–H and O–H groups in total. The molecule has 27 heavy (non-hydrogen) atoms. The van der Waals surface area contributed by atoms with E-state index in [-0.39, 0.29) is 13.0 Å². The normalized spacial score (nSPS) is 13.7. The minimum atomic E-state index is -0.590. The number of pyridine rings is 1. The first-order valence-corrected chi connectivity index (χ1v) is 9.13. The molecule has 0 atom stereocenters. The highest BCUT2D eigenvalue weighted by Gasteiger charge is 2.22. The predicted octanol–water partition coefficient (Wildman–Crippen LogP) is 2.57. The molecular weight excluding hydrogens is 350 g/mol. The molecule has 1 aliphatic rings. The number of aryl methyl sites for hydroxylation is 1. The molecule has 0 bridgehead atoms. The van der Waals surface area contributed by atoms with Gasteiger partial charge in [0.2, 0.25) is 0 Å². The van der Waals surface area contributed by atoms with Crippen molar-refractivity contribution in [3.8, 4) is 0 Å². The lowest BCUT2D eigenvalue weighted by atomic mass is 10.1. The Kier molecular flexibility index (Phi) is 7.29. The molecule has 8 heteroatoms. The van der Waals surface area contributed by atoms with Gasteiger partial charge in [-0.25, -0.2) is 9.78 Å². The molecule has 148 valence electrons. The lowest BCUT2D eigenvalue weighted by Gasteiger charge is -2.19. The Morgan fingerprint density at radius 1 is 1.22 bits per heavy atom. The molecule has 1 saturated carbocycles. The summed E-state index contributed by atoms with van der Waals surface area (Å²) >= 11 is 0. The van der Waals surface area contributed by atoms with Crippen molar-refractivity contribution in [3.05, 3.63) is 23.9 Å². The van der Waals surface area contributed by atoms with Gasteiger partial charge in [0.25, 0.3) is 0 Å². The van der Waals surface area contributed by atoms with Crippen LogP contribution in [-0.2, 0) is 25.5 Å². The summed E-state index contributed by atoms with van der Waals surface area (Å²) in [5.74, 6) is -0.691. The minimum Gasteiger partial charge on any atom is -0.444 e. The third-order valence-corrected chi connectivity index (χ3v) is 3.64. The van der Waals surface area contributed by atoms with Crippen molar-refractivity contribution in [1.82, 2.24) is 10.3 Å². The number of hydrogen-bond acceptors (Lipinski definition) is 7. The van der Waals surface area contributed by atoms with Crippen LogP contribution in [0.4, 0.5) is 10.6 Å². The molecular formula is C19H27N3O5. The Balaban J connectivity index is 1.69. The van der Waals surface area contributed by atoms with Gasteiger partial charge in [-0.1, -0.05) is 0 Å². The Hall–Kier alpha value is -2.48. The number of esters is 2. The molecule has 1 heterocycles. The largest absolute Gasteiger partial charge is 0.444 e. The van der Waals surface area contributed by atoms with Crippen LogP contribution in [0.3, 0.4) is 0 Å². The quantitative estimate of drug-likeness (QED) is 0.530. The average Bonchev–Trinajstić information content (AvgIpc) is 3.35. The van der Waals surface area contributed by atoms with Crippen molar-refractivity contribution in [2.45, 2.75) is 64.5 Å². The summed E-state index contributed by atoms with van der Waals surface area (Å²) in [6.45, 7) is 5.41. The van der Waals surface area contributed by atoms with Gasteiger partial charge >= 0.3 is 18.0 Å². The molecule has 1 amide bonds. The van der Waals surface area contributed by atoms with Crippen molar-refractivity contribution in [2.24, 2.45) is 0 Å². The van der Waals surface area contributed by atoms with Crippen LogP contribution >= 0.6 is 0 Å². The molecule has 0 aromatic carbocycles. The van der Waals surface area contributed by atoms with E-state index in [2.05, 4.69) is 15.6 Å². The monoisotopic (exact) mass is 377 g/mol. The Labute approximate surface area is 159 Å². The number of carbonyl (C=O) groups excluding carboxylic acids is 3. The number of hydrogen-bond donors (Lipinski definition) is 2. The van der Waals surface area contributed by atoms with Crippen molar-refractivity contribution < 1.29 is 23.9 Å². The number of nitrogens with zero attached hydrogens (tertiary/aromatic N) is 1. The van der Waals surface area contributed by atoms with Crippen LogP contribution in [-0.4, -0.2) is 41.2 Å². The molecule has 1 fully saturated rings. The average molecular weight is 377 g/mol. The van der Waals surface area contributed by atoms with Gasteiger partial charge in [0.15, 0.2) is 0 Å². The number of anilines is 1. The van der Waals surface area contributed by atoms with Crippen LogP contribution in [0, 0.1) is 0 Å². The Morgan fingerprint density at radius 2 is 1.96 bits per heavy atom. The van der Waals surface area contributed by atoms with Gasteiger partial charge in [0, 0.05) is 18.7 Å². The topological polar surface area (TPSA) is 107 Å². The predicted molar refractivity (Wildman–Crippen MR) is 99.2 cm³/mol. The van der Waals surface area contributed by atoms with E-state index in [4.69, 9.17) is 9.47 Å². The van der Waals surface area contributed by atoms with E-state index in [1.165, 1.54) is 0 Å². The maximum absolute atomic E-state index is 11.8. The van der Waals surface area contributed by atoms with Gasteiger partial charge in [-0.3, -0.25) is 14.9 Å². The number of nitrogens with one attached hydrogen (secondary N) is 2. The summed E-state index contributed by atoms with van der Waals surface area (Å²) in [4.78, 5) is 39.0. The van der Waals surface area contributed by atoms with E-state index < -0.39 is 23.6 Å². The van der Waals surface area contributed by atoms with E-state index in [1.54, 1.807) is 39.1 Å². The second-order valence-electron chi connectivity index (χ2n) is 7.53. The zero-order valence-electron chi connectivity index (χ0n) is 16.0. The first-order chi connectivity index (χ1) is 12.7. The summed E-state index contributed by atoms with van der Waals surface area (Å²) in [6, 6.07) is 3.92. The Morgan fingerprint density at radius 3 is 2.63 bits per heavy atom. The summed E-state index contributed by atoms with van der Waals surface area (Å²) in [6.07, 6.45) is 4.40. The van der Waals surface area contributed by atoms with Gasteiger partial charge in [-0.2, -0.15) is 0 Å². The smallest absolute Gasteiger partial charge is 0.413 e. The zero-order chi connectivity index (χ0) is 19.9. The fraction of sp³-hybridized carbons (Fsp3) is 0.579. The highest BCUT2D eigenvalue weighted by atomic mass is 16.6. The van der Waals surface area contributed by atoms with Crippen LogP contribution in [0.5, 0.6) is 0 Å². The SMILES string of the molecule is CC(C)(C)OC(=O)Nc1cc(CCCC(=O)OC(=O)CNC2CC2)ccn1. The van der Waals surface area contributed by atoms with Crippen molar-refractivity contribution in [2.75, 3.05) is 11.9 Å². The Bertz CT molecular complexity index is 680. The first-order valence-electron chi connectivity index (χ1n) is 9.13. The third kappa shape index (κ3) is 9.14. The maximum Gasteiger partial charge on any atom is 0.413 e. The van der Waals surface area contributed by atoms with Crippen molar-refractivity contribution in [3.63, 3.8) is 0 Å². The van der Waals surface area contributed by atoms with Crippen molar-refractivity contribution in [1.29, 1.82) is 0 Å². The second kappa shape index (κ2) is 9.45. The molecule has 0 saturated heterocycles. The van der Waals surface area contributed by atoms with Gasteiger partial charge in [0.1, 0.15) is 11.4 Å². The van der Waals surface area contributed by atoms with Gasteiger partial charge < -0.3 is 14.8 Å². The molecule has 0 unspecified atom stereocenters. The van der Waals surface area contributed by atoms with Gasteiger partial charge in [-0.15, -0.1) is 0 Å². The van der Waals surface area contributed by atoms with Crippen LogP contribution in [0.25, 0.3) is 0 Å². The summed E-state index contributed by atoms with van der Waals surface area (Å²) in [7, 11) is 0. The fourth-order valence-electron chi connectivity index (χ4n) is 2.27. The third-order valence-electron chi connectivity index (χ3n) is 3.64. The summed E-state index contributed by atoms with van der Waals surface area (Å²) < 4.78 is 9.94. The van der Waals surface area contributed by atoms with Gasteiger partial charge in [0.05, 0.1) is 6.54 Å². The van der Waals surface area contributed by atoms with Crippen LogP contribution in [0.2, 0.25) is 0 Å². The lowest BCUT2D eigenvalue weighted by Crippen LogP contribution is -2.28.